The lowest BCUT2D eigenvalue weighted by Crippen LogP contribution is -2.41. The first-order valence-corrected chi connectivity index (χ1v) is 8.13. The number of hydrogen-bond donors (Lipinski definition) is 3. The highest BCUT2D eigenvalue weighted by molar-refractivity contribution is 7.46. The molecule has 0 aromatic rings. The van der Waals surface area contributed by atoms with Crippen molar-refractivity contribution < 1.29 is 47.8 Å². The lowest BCUT2D eigenvalue weighted by molar-refractivity contribution is -0.176. The van der Waals surface area contributed by atoms with Crippen molar-refractivity contribution in [3.63, 3.8) is 0 Å². The summed E-state index contributed by atoms with van der Waals surface area (Å²) in [6.45, 7) is 2.41. The molecule has 0 amide bonds. The molecule has 11 heteroatoms. The highest BCUT2D eigenvalue weighted by atomic mass is 31.2. The number of carbonyl (C=O) groups excluding carboxylic acids is 2. The van der Waals surface area contributed by atoms with E-state index in [0.29, 0.717) is 0 Å². The van der Waals surface area contributed by atoms with E-state index in [1.807, 2.05) is 0 Å². The zero-order chi connectivity index (χ0) is 16.9. The molecule has 1 heterocycles. The van der Waals surface area contributed by atoms with E-state index in [4.69, 9.17) is 24.0 Å². The first-order chi connectivity index (χ1) is 10.2. The van der Waals surface area contributed by atoms with E-state index in [1.165, 1.54) is 13.8 Å². The van der Waals surface area contributed by atoms with Gasteiger partial charge in [-0.1, -0.05) is 13.8 Å². The molecule has 0 aromatic heterocycles. The number of ether oxygens (including phenoxy) is 3. The molecule has 0 aliphatic carbocycles. The average Bonchev–Trinajstić information content (AvgIpc) is 2.72. The Hall–Kier alpha value is -1.03. The number of rotatable bonds is 7. The van der Waals surface area contributed by atoms with Gasteiger partial charge in [-0.25, -0.2) is 4.57 Å². The molecule has 1 aliphatic rings. The Morgan fingerprint density at radius 1 is 1.09 bits per heavy atom. The number of phosphoric ester groups is 1. The van der Waals surface area contributed by atoms with Gasteiger partial charge in [-0.15, -0.1) is 0 Å². The second-order valence-corrected chi connectivity index (χ2v) is 5.71. The van der Waals surface area contributed by atoms with Crippen LogP contribution in [0.2, 0.25) is 0 Å². The molecule has 1 unspecified atom stereocenters. The van der Waals surface area contributed by atoms with Crippen LogP contribution in [-0.2, 0) is 32.9 Å². The van der Waals surface area contributed by atoms with Crippen molar-refractivity contribution in [2.75, 3.05) is 6.61 Å². The number of esters is 2. The summed E-state index contributed by atoms with van der Waals surface area (Å²) >= 11 is 0. The number of aliphatic hydroxyl groups excluding tert-OH is 1. The minimum Gasteiger partial charge on any atom is -0.455 e. The largest absolute Gasteiger partial charge is 0.469 e. The van der Waals surface area contributed by atoms with Crippen LogP contribution in [0.4, 0.5) is 0 Å². The van der Waals surface area contributed by atoms with E-state index >= 15 is 0 Å². The van der Waals surface area contributed by atoms with Crippen molar-refractivity contribution in [1.29, 1.82) is 0 Å². The molecule has 0 saturated carbocycles. The van der Waals surface area contributed by atoms with Crippen LogP contribution in [0.25, 0.3) is 0 Å². The van der Waals surface area contributed by atoms with Gasteiger partial charge in [0.05, 0.1) is 6.61 Å². The highest BCUT2D eigenvalue weighted by Gasteiger charge is 2.49. The Kier molecular flexibility index (Phi) is 6.92. The fraction of sp³-hybridized carbons (Fsp3) is 0.818. The van der Waals surface area contributed by atoms with Crippen LogP contribution in [0.1, 0.15) is 26.7 Å². The average molecular weight is 342 g/mol. The van der Waals surface area contributed by atoms with Crippen LogP contribution in [0.5, 0.6) is 0 Å². The normalized spacial score (nSPS) is 28.4. The van der Waals surface area contributed by atoms with E-state index in [2.05, 4.69) is 4.52 Å². The smallest absolute Gasteiger partial charge is 0.455 e. The third-order valence-corrected chi connectivity index (χ3v) is 3.29. The molecule has 0 bridgehead atoms. The van der Waals surface area contributed by atoms with Crippen molar-refractivity contribution in [1.82, 2.24) is 0 Å². The first kappa shape index (κ1) is 19.0. The number of hydrogen-bond acceptors (Lipinski definition) is 8. The molecular formula is C11H19O10P. The van der Waals surface area contributed by atoms with Gasteiger partial charge in [-0.05, 0) is 0 Å². The number of phosphoric acid groups is 1. The summed E-state index contributed by atoms with van der Waals surface area (Å²) in [7, 11) is -4.77. The highest BCUT2D eigenvalue weighted by Crippen LogP contribution is 2.37. The topological polar surface area (TPSA) is 149 Å². The molecule has 0 spiro atoms. The fourth-order valence-electron chi connectivity index (χ4n) is 1.75. The minimum absolute atomic E-state index is 0.0209. The van der Waals surface area contributed by atoms with Gasteiger partial charge in [0.1, 0.15) is 6.10 Å². The monoisotopic (exact) mass is 342 g/mol. The van der Waals surface area contributed by atoms with Crippen molar-refractivity contribution in [2.45, 2.75) is 51.3 Å². The van der Waals surface area contributed by atoms with E-state index in [9.17, 15) is 19.3 Å². The summed E-state index contributed by atoms with van der Waals surface area (Å²) in [5.74, 6) is -1.30. The Labute approximate surface area is 126 Å². The van der Waals surface area contributed by atoms with Crippen LogP contribution < -0.4 is 0 Å². The molecule has 22 heavy (non-hydrogen) atoms. The maximum atomic E-state index is 11.4. The lowest BCUT2D eigenvalue weighted by Gasteiger charge is -2.23. The molecular weight excluding hydrogens is 323 g/mol. The van der Waals surface area contributed by atoms with E-state index in [-0.39, 0.29) is 12.8 Å². The van der Waals surface area contributed by atoms with Gasteiger partial charge >= 0.3 is 19.8 Å². The zero-order valence-corrected chi connectivity index (χ0v) is 13.0. The van der Waals surface area contributed by atoms with E-state index in [0.717, 1.165) is 0 Å². The number of carbonyl (C=O) groups is 2. The van der Waals surface area contributed by atoms with E-state index < -0.39 is 51.0 Å². The van der Waals surface area contributed by atoms with Crippen LogP contribution >= 0.6 is 7.82 Å². The molecule has 1 aliphatic heterocycles. The second kappa shape index (κ2) is 8.00. The fourth-order valence-corrected chi connectivity index (χ4v) is 2.09. The van der Waals surface area contributed by atoms with Gasteiger partial charge in [0.15, 0.2) is 18.5 Å². The van der Waals surface area contributed by atoms with Crippen molar-refractivity contribution in [2.24, 2.45) is 0 Å². The molecule has 128 valence electrons. The quantitative estimate of drug-likeness (QED) is 0.406. The molecule has 0 radical (unpaired) electrons. The standard InChI is InChI=1S/C11H19O10P/c1-3-7(12)20-9-6(5-18-22(15,16)17)19-11(14)10(9)21-8(13)4-2/h6,9-11,14H,3-5H2,1-2H3,(H2,15,16,17)/t6-,9-,10-,11?/m1/s1. The van der Waals surface area contributed by atoms with Gasteiger partial charge in [-0.2, -0.15) is 0 Å². The lowest BCUT2D eigenvalue weighted by atomic mass is 10.1. The minimum atomic E-state index is -4.77. The molecule has 1 saturated heterocycles. The summed E-state index contributed by atoms with van der Waals surface area (Å²) in [5.41, 5.74) is 0. The first-order valence-electron chi connectivity index (χ1n) is 6.60. The second-order valence-electron chi connectivity index (χ2n) is 4.47. The Morgan fingerprint density at radius 2 is 1.59 bits per heavy atom. The Morgan fingerprint density at radius 3 is 2.05 bits per heavy atom. The van der Waals surface area contributed by atoms with Crippen LogP contribution in [0.15, 0.2) is 0 Å². The van der Waals surface area contributed by atoms with Gasteiger partial charge in [0.25, 0.3) is 0 Å². The van der Waals surface area contributed by atoms with Crippen molar-refractivity contribution in [3.8, 4) is 0 Å². The Bertz CT molecular complexity index is 446. The Balaban J connectivity index is 2.83. The van der Waals surface area contributed by atoms with Crippen LogP contribution in [-0.4, -0.2) is 58.0 Å². The maximum absolute atomic E-state index is 11.4. The zero-order valence-electron chi connectivity index (χ0n) is 12.1. The predicted molar refractivity (Wildman–Crippen MR) is 69.2 cm³/mol. The van der Waals surface area contributed by atoms with Crippen LogP contribution in [0, 0.1) is 0 Å². The molecule has 0 aromatic carbocycles. The van der Waals surface area contributed by atoms with Crippen molar-refractivity contribution >= 4 is 19.8 Å². The van der Waals surface area contributed by atoms with E-state index in [1.54, 1.807) is 0 Å². The van der Waals surface area contributed by atoms with Crippen LogP contribution in [0.3, 0.4) is 0 Å². The maximum Gasteiger partial charge on any atom is 0.469 e. The third-order valence-electron chi connectivity index (χ3n) is 2.80. The summed E-state index contributed by atoms with van der Waals surface area (Å²) in [5, 5.41) is 9.75. The third kappa shape index (κ3) is 5.64. The summed E-state index contributed by atoms with van der Waals surface area (Å²) in [6, 6.07) is 0. The summed E-state index contributed by atoms with van der Waals surface area (Å²) in [4.78, 5) is 40.2. The number of aliphatic hydroxyl groups is 1. The molecule has 10 nitrogen and oxygen atoms in total. The molecule has 4 atom stereocenters. The molecule has 3 N–H and O–H groups in total. The van der Waals surface area contributed by atoms with Gasteiger partial charge < -0.3 is 29.1 Å². The molecule has 1 fully saturated rings. The molecule has 1 rings (SSSR count). The van der Waals surface area contributed by atoms with Gasteiger partial charge in [0.2, 0.25) is 0 Å². The summed E-state index contributed by atoms with van der Waals surface area (Å²) < 4.78 is 30.0. The SMILES string of the molecule is CCC(=O)O[C@@H]1[C@@H](COP(=O)(O)O)OC(O)[C@@H]1OC(=O)CC. The van der Waals surface area contributed by atoms with Crippen molar-refractivity contribution in [3.05, 3.63) is 0 Å². The van der Waals surface area contributed by atoms with Gasteiger partial charge in [0, 0.05) is 12.8 Å². The van der Waals surface area contributed by atoms with Gasteiger partial charge in [-0.3, -0.25) is 14.1 Å². The summed E-state index contributed by atoms with van der Waals surface area (Å²) in [6.07, 6.45) is -5.27. The predicted octanol–water partition coefficient (Wildman–Crippen LogP) is -0.544.